The van der Waals surface area contributed by atoms with Crippen molar-refractivity contribution in [3.8, 4) is 0 Å². The van der Waals surface area contributed by atoms with Crippen LogP contribution in [0.4, 0.5) is 0 Å². The van der Waals surface area contributed by atoms with Gasteiger partial charge in [-0.2, -0.15) is 0 Å². The summed E-state index contributed by atoms with van der Waals surface area (Å²) in [5, 5.41) is 11.5. The maximum atomic E-state index is 3.97. The average molecular weight is 272 g/mol. The Morgan fingerprint density at radius 1 is 1.20 bits per heavy atom. The molecule has 0 saturated heterocycles. The standard InChI is InChI=1S/C16H24N4/c1-16(2,3)10-15(13-8-6-5-7-9-13)17-11-14-12-18-19-20(14)4/h5-9,12,15,17H,10-11H2,1-4H3. The maximum absolute atomic E-state index is 3.97. The van der Waals surface area contributed by atoms with Gasteiger partial charge in [0.2, 0.25) is 0 Å². The van der Waals surface area contributed by atoms with Crippen molar-refractivity contribution >= 4 is 0 Å². The lowest BCUT2D eigenvalue weighted by Crippen LogP contribution is -2.26. The van der Waals surface area contributed by atoms with Crippen LogP contribution in [0.3, 0.4) is 0 Å². The molecule has 1 atom stereocenters. The molecule has 1 N–H and O–H groups in total. The van der Waals surface area contributed by atoms with Gasteiger partial charge in [0.05, 0.1) is 11.9 Å². The molecule has 0 amide bonds. The van der Waals surface area contributed by atoms with Crippen molar-refractivity contribution in [3.63, 3.8) is 0 Å². The molecule has 1 unspecified atom stereocenters. The van der Waals surface area contributed by atoms with Crippen molar-refractivity contribution in [1.29, 1.82) is 0 Å². The number of hydrogen-bond donors (Lipinski definition) is 1. The lowest BCUT2D eigenvalue weighted by molar-refractivity contribution is 0.308. The third-order valence-corrected chi connectivity index (χ3v) is 3.36. The van der Waals surface area contributed by atoms with Gasteiger partial charge in [0, 0.05) is 19.6 Å². The highest BCUT2D eigenvalue weighted by Gasteiger charge is 2.20. The van der Waals surface area contributed by atoms with Gasteiger partial charge in [-0.15, -0.1) is 5.10 Å². The van der Waals surface area contributed by atoms with E-state index in [-0.39, 0.29) is 5.41 Å². The molecule has 0 bridgehead atoms. The second-order valence-corrected chi connectivity index (χ2v) is 6.46. The van der Waals surface area contributed by atoms with E-state index < -0.39 is 0 Å². The minimum absolute atomic E-state index is 0.276. The molecule has 2 aromatic rings. The van der Waals surface area contributed by atoms with E-state index in [2.05, 4.69) is 66.7 Å². The van der Waals surface area contributed by atoms with Gasteiger partial charge < -0.3 is 5.32 Å². The van der Waals surface area contributed by atoms with E-state index >= 15 is 0 Å². The Morgan fingerprint density at radius 3 is 2.45 bits per heavy atom. The lowest BCUT2D eigenvalue weighted by Gasteiger charge is -2.27. The summed E-state index contributed by atoms with van der Waals surface area (Å²) in [5.41, 5.74) is 2.70. The zero-order valence-electron chi connectivity index (χ0n) is 12.8. The fourth-order valence-corrected chi connectivity index (χ4v) is 2.30. The quantitative estimate of drug-likeness (QED) is 0.909. The van der Waals surface area contributed by atoms with Crippen LogP contribution in [0.1, 0.15) is 44.5 Å². The maximum Gasteiger partial charge on any atom is 0.0738 e. The lowest BCUT2D eigenvalue weighted by atomic mass is 9.85. The molecule has 2 rings (SSSR count). The minimum atomic E-state index is 0.276. The summed E-state index contributed by atoms with van der Waals surface area (Å²) in [6, 6.07) is 11.0. The normalized spacial score (nSPS) is 13.4. The van der Waals surface area contributed by atoms with Gasteiger partial charge in [-0.05, 0) is 17.4 Å². The summed E-state index contributed by atoms with van der Waals surface area (Å²) in [5.74, 6) is 0. The first-order valence-electron chi connectivity index (χ1n) is 7.07. The molecular formula is C16H24N4. The highest BCUT2D eigenvalue weighted by atomic mass is 15.4. The first kappa shape index (κ1) is 14.7. The summed E-state index contributed by atoms with van der Waals surface area (Å²) < 4.78 is 1.81. The number of rotatable bonds is 5. The Kier molecular flexibility index (Phi) is 4.55. The van der Waals surface area contributed by atoms with E-state index in [9.17, 15) is 0 Å². The van der Waals surface area contributed by atoms with Crippen LogP contribution in [0, 0.1) is 5.41 Å². The van der Waals surface area contributed by atoms with Crippen molar-refractivity contribution in [2.75, 3.05) is 0 Å². The smallest absolute Gasteiger partial charge is 0.0738 e. The molecule has 1 aromatic heterocycles. The number of hydrogen-bond acceptors (Lipinski definition) is 3. The predicted molar refractivity (Wildman–Crippen MR) is 81.1 cm³/mol. The Morgan fingerprint density at radius 2 is 1.90 bits per heavy atom. The molecule has 0 aliphatic rings. The Balaban J connectivity index is 2.09. The van der Waals surface area contributed by atoms with Crippen LogP contribution >= 0.6 is 0 Å². The molecule has 108 valence electrons. The van der Waals surface area contributed by atoms with Gasteiger partial charge in [0.1, 0.15) is 0 Å². The van der Waals surface area contributed by atoms with Crippen LogP contribution in [-0.2, 0) is 13.6 Å². The van der Waals surface area contributed by atoms with Gasteiger partial charge in [-0.3, -0.25) is 4.68 Å². The Labute approximate surface area is 121 Å². The fraction of sp³-hybridized carbons (Fsp3) is 0.500. The number of nitrogens with zero attached hydrogens (tertiary/aromatic N) is 3. The molecule has 1 aromatic carbocycles. The molecule has 0 aliphatic heterocycles. The highest BCUT2D eigenvalue weighted by Crippen LogP contribution is 2.29. The molecule has 4 nitrogen and oxygen atoms in total. The van der Waals surface area contributed by atoms with E-state index in [1.54, 1.807) is 0 Å². The molecule has 20 heavy (non-hydrogen) atoms. The Bertz CT molecular complexity index is 525. The molecule has 0 spiro atoms. The second-order valence-electron chi connectivity index (χ2n) is 6.46. The van der Waals surface area contributed by atoms with Crippen LogP contribution < -0.4 is 5.32 Å². The van der Waals surface area contributed by atoms with Crippen molar-refractivity contribution in [2.24, 2.45) is 12.5 Å². The number of nitrogens with one attached hydrogen (secondary N) is 1. The number of aromatic nitrogens is 3. The summed E-state index contributed by atoms with van der Waals surface area (Å²) in [7, 11) is 1.92. The first-order valence-corrected chi connectivity index (χ1v) is 7.07. The third-order valence-electron chi connectivity index (χ3n) is 3.36. The van der Waals surface area contributed by atoms with Crippen LogP contribution in [-0.4, -0.2) is 15.0 Å². The SMILES string of the molecule is Cn1nncc1CNC(CC(C)(C)C)c1ccccc1. The van der Waals surface area contributed by atoms with E-state index in [1.807, 2.05) is 17.9 Å². The summed E-state index contributed by atoms with van der Waals surface area (Å²) in [6.07, 6.45) is 2.90. The number of aryl methyl sites for hydroxylation is 1. The van der Waals surface area contributed by atoms with Crippen LogP contribution in [0.25, 0.3) is 0 Å². The summed E-state index contributed by atoms with van der Waals surface area (Å²) >= 11 is 0. The molecule has 0 fully saturated rings. The van der Waals surface area contributed by atoms with Gasteiger partial charge in [-0.1, -0.05) is 56.3 Å². The molecule has 1 heterocycles. The van der Waals surface area contributed by atoms with E-state index in [0.717, 1.165) is 18.7 Å². The average Bonchev–Trinajstić information content (AvgIpc) is 2.80. The minimum Gasteiger partial charge on any atom is -0.304 e. The highest BCUT2D eigenvalue weighted by molar-refractivity contribution is 5.19. The van der Waals surface area contributed by atoms with E-state index in [0.29, 0.717) is 6.04 Å². The molecule has 0 radical (unpaired) electrons. The first-order chi connectivity index (χ1) is 9.46. The van der Waals surface area contributed by atoms with Gasteiger partial charge in [-0.25, -0.2) is 0 Å². The van der Waals surface area contributed by atoms with Gasteiger partial charge >= 0.3 is 0 Å². The topological polar surface area (TPSA) is 42.7 Å². The van der Waals surface area contributed by atoms with Gasteiger partial charge in [0.25, 0.3) is 0 Å². The van der Waals surface area contributed by atoms with Crippen LogP contribution in [0.2, 0.25) is 0 Å². The third kappa shape index (κ3) is 4.17. The van der Waals surface area contributed by atoms with Crippen molar-refractivity contribution in [2.45, 2.75) is 39.8 Å². The van der Waals surface area contributed by atoms with Crippen LogP contribution in [0.5, 0.6) is 0 Å². The molecule has 4 heteroatoms. The molecule has 0 aliphatic carbocycles. The molecule has 0 saturated carbocycles. The zero-order chi connectivity index (χ0) is 14.6. The van der Waals surface area contributed by atoms with Crippen molar-refractivity contribution in [1.82, 2.24) is 20.3 Å². The fourth-order valence-electron chi connectivity index (χ4n) is 2.30. The molecular weight excluding hydrogens is 248 g/mol. The summed E-state index contributed by atoms with van der Waals surface area (Å²) in [4.78, 5) is 0. The van der Waals surface area contributed by atoms with E-state index in [1.165, 1.54) is 5.56 Å². The van der Waals surface area contributed by atoms with Gasteiger partial charge in [0.15, 0.2) is 0 Å². The zero-order valence-corrected chi connectivity index (χ0v) is 12.8. The Hall–Kier alpha value is -1.68. The summed E-state index contributed by atoms with van der Waals surface area (Å²) in [6.45, 7) is 7.60. The number of benzene rings is 1. The van der Waals surface area contributed by atoms with Crippen molar-refractivity contribution in [3.05, 3.63) is 47.8 Å². The predicted octanol–water partition coefficient (Wildman–Crippen LogP) is 3.08. The van der Waals surface area contributed by atoms with Crippen LogP contribution in [0.15, 0.2) is 36.5 Å². The monoisotopic (exact) mass is 272 g/mol. The van der Waals surface area contributed by atoms with Crippen molar-refractivity contribution < 1.29 is 0 Å². The van der Waals surface area contributed by atoms with E-state index in [4.69, 9.17) is 0 Å². The largest absolute Gasteiger partial charge is 0.304 e. The second kappa shape index (κ2) is 6.18.